The van der Waals surface area contributed by atoms with Gasteiger partial charge in [-0.25, -0.2) is 0 Å². The summed E-state index contributed by atoms with van der Waals surface area (Å²) in [5.74, 6) is 2.29. The molecule has 188 valence electrons. The average molecular weight is 458 g/mol. The van der Waals surface area contributed by atoms with Crippen LogP contribution in [-0.4, -0.2) is 30.0 Å². The van der Waals surface area contributed by atoms with Crippen LogP contribution >= 0.6 is 0 Å². The fraction of sp³-hybridized carbons (Fsp3) is 0.800. The monoisotopic (exact) mass is 457 g/mol. The Morgan fingerprint density at radius 2 is 2.00 bits per heavy atom. The van der Waals surface area contributed by atoms with Gasteiger partial charge in [-0.1, -0.05) is 56.6 Å². The van der Waals surface area contributed by atoms with Gasteiger partial charge in [0.2, 0.25) is 0 Å². The Hall–Kier alpha value is -0.900. The molecule has 3 aliphatic rings. The smallest absolute Gasteiger partial charge is 0.0618 e. The first-order valence-electron chi connectivity index (χ1n) is 13.8. The summed E-state index contributed by atoms with van der Waals surface area (Å²) in [5, 5.41) is 10.1. The van der Waals surface area contributed by atoms with Crippen LogP contribution in [0, 0.1) is 23.2 Å². The van der Waals surface area contributed by atoms with Crippen molar-refractivity contribution in [3.63, 3.8) is 0 Å². The van der Waals surface area contributed by atoms with Gasteiger partial charge in [-0.05, 0) is 113 Å². The first kappa shape index (κ1) is 26.7. The summed E-state index contributed by atoms with van der Waals surface area (Å²) >= 11 is 0. The lowest BCUT2D eigenvalue weighted by atomic mass is 9.60. The zero-order chi connectivity index (χ0) is 24.1. The molecule has 33 heavy (non-hydrogen) atoms. The first-order chi connectivity index (χ1) is 15.6. The molecular weight excluding hydrogens is 406 g/mol. The largest absolute Gasteiger partial charge is 0.390 e. The molecule has 3 rings (SSSR count). The number of hydrogen-bond donors (Lipinski definition) is 2. The summed E-state index contributed by atoms with van der Waals surface area (Å²) in [7, 11) is 0. The molecule has 0 amide bonds. The Morgan fingerprint density at radius 1 is 1.21 bits per heavy atom. The van der Waals surface area contributed by atoms with Gasteiger partial charge in [-0.3, -0.25) is 0 Å². The van der Waals surface area contributed by atoms with E-state index < -0.39 is 5.60 Å². The summed E-state index contributed by atoms with van der Waals surface area (Å²) in [5.41, 5.74) is 9.91. The number of rotatable bonds is 10. The summed E-state index contributed by atoms with van der Waals surface area (Å²) in [6, 6.07) is 0. The van der Waals surface area contributed by atoms with E-state index in [9.17, 15) is 5.11 Å². The van der Waals surface area contributed by atoms with Crippen LogP contribution in [0.15, 0.2) is 35.5 Å². The zero-order valence-corrected chi connectivity index (χ0v) is 22.0. The lowest BCUT2D eigenvalue weighted by Gasteiger charge is -2.44. The second-order valence-corrected chi connectivity index (χ2v) is 12.2. The van der Waals surface area contributed by atoms with Crippen LogP contribution < -0.4 is 5.73 Å². The molecule has 3 heteroatoms. The molecule has 0 saturated heterocycles. The number of nitrogens with two attached hydrogens (primary N) is 1. The zero-order valence-electron chi connectivity index (χ0n) is 22.0. The van der Waals surface area contributed by atoms with Gasteiger partial charge in [0.1, 0.15) is 0 Å². The van der Waals surface area contributed by atoms with Crippen LogP contribution in [0.3, 0.4) is 0 Å². The Balaban J connectivity index is 1.64. The number of hydrogen-bond acceptors (Lipinski definition) is 3. The minimum absolute atomic E-state index is 0.323. The van der Waals surface area contributed by atoms with Gasteiger partial charge in [0.25, 0.3) is 0 Å². The Labute approximate surface area is 203 Å². The quantitative estimate of drug-likeness (QED) is 0.344. The van der Waals surface area contributed by atoms with Crippen LogP contribution in [-0.2, 0) is 4.74 Å². The van der Waals surface area contributed by atoms with Crippen molar-refractivity contribution in [2.75, 3.05) is 13.2 Å². The van der Waals surface area contributed by atoms with E-state index in [1.165, 1.54) is 49.7 Å². The molecule has 0 radical (unpaired) electrons. The third-order valence-electron chi connectivity index (χ3n) is 9.04. The maximum atomic E-state index is 10.1. The van der Waals surface area contributed by atoms with Crippen LogP contribution in [0.25, 0.3) is 0 Å². The predicted molar refractivity (Wildman–Crippen MR) is 140 cm³/mol. The van der Waals surface area contributed by atoms with Crippen LogP contribution in [0.4, 0.5) is 0 Å². The van der Waals surface area contributed by atoms with Gasteiger partial charge >= 0.3 is 0 Å². The second kappa shape index (κ2) is 11.7. The summed E-state index contributed by atoms with van der Waals surface area (Å²) in [4.78, 5) is 0. The Morgan fingerprint density at radius 3 is 2.73 bits per heavy atom. The molecule has 5 atom stereocenters. The maximum Gasteiger partial charge on any atom is 0.0618 e. The summed E-state index contributed by atoms with van der Waals surface area (Å²) in [6.07, 6.45) is 19.2. The van der Waals surface area contributed by atoms with E-state index in [2.05, 4.69) is 32.6 Å². The van der Waals surface area contributed by atoms with E-state index in [-0.39, 0.29) is 0 Å². The molecule has 0 aliphatic heterocycles. The van der Waals surface area contributed by atoms with Crippen molar-refractivity contribution in [3.05, 3.63) is 35.5 Å². The standard InChI is InChI=1S/C30H51NO2/c1-22-11-14-26(33-20-8-19-31)21-25(22)13-12-24-10-7-18-30(5)27(15-16-28(24)30)23(2)9-6-17-29(3,4)32/h12-13,23,26-28,32H,1,6-11,14-21,31H2,2-5H3/t23-,26+,27?,28?,30-/m1/s1. The normalized spacial score (nSPS) is 34.1. The molecule has 2 unspecified atom stereocenters. The highest BCUT2D eigenvalue weighted by molar-refractivity contribution is 5.36. The highest BCUT2D eigenvalue weighted by Crippen LogP contribution is 2.60. The van der Waals surface area contributed by atoms with E-state index >= 15 is 0 Å². The van der Waals surface area contributed by atoms with Crippen LogP contribution in [0.2, 0.25) is 0 Å². The topological polar surface area (TPSA) is 55.5 Å². The molecule has 3 nitrogen and oxygen atoms in total. The van der Waals surface area contributed by atoms with E-state index in [1.807, 2.05) is 13.8 Å². The minimum atomic E-state index is -0.534. The average Bonchev–Trinajstić information content (AvgIpc) is 3.10. The van der Waals surface area contributed by atoms with Gasteiger partial charge in [-0.2, -0.15) is 0 Å². The third-order valence-corrected chi connectivity index (χ3v) is 9.04. The van der Waals surface area contributed by atoms with Gasteiger partial charge < -0.3 is 15.6 Å². The number of fused-ring (bicyclic) bond motifs is 1. The van der Waals surface area contributed by atoms with Crippen LogP contribution in [0.1, 0.15) is 105 Å². The lowest BCUT2D eigenvalue weighted by Crippen LogP contribution is -2.36. The Bertz CT molecular complexity index is 715. The number of aliphatic hydroxyl groups is 1. The fourth-order valence-electron chi connectivity index (χ4n) is 7.13. The van der Waals surface area contributed by atoms with Crippen molar-refractivity contribution in [1.29, 1.82) is 0 Å². The highest BCUT2D eigenvalue weighted by atomic mass is 16.5. The second-order valence-electron chi connectivity index (χ2n) is 12.2. The van der Waals surface area contributed by atoms with Gasteiger partial charge in [0, 0.05) is 6.61 Å². The van der Waals surface area contributed by atoms with Crippen molar-refractivity contribution < 1.29 is 9.84 Å². The summed E-state index contributed by atoms with van der Waals surface area (Å²) in [6.45, 7) is 14.8. The van der Waals surface area contributed by atoms with E-state index in [4.69, 9.17) is 10.5 Å². The van der Waals surface area contributed by atoms with E-state index in [1.54, 1.807) is 5.57 Å². The van der Waals surface area contributed by atoms with Crippen molar-refractivity contribution in [2.45, 2.75) is 116 Å². The van der Waals surface area contributed by atoms with Gasteiger partial charge in [0.05, 0.1) is 11.7 Å². The molecule has 0 aromatic carbocycles. The molecule has 3 saturated carbocycles. The number of allylic oxidation sites excluding steroid dienone is 4. The fourth-order valence-corrected chi connectivity index (χ4v) is 7.13. The van der Waals surface area contributed by atoms with Crippen molar-refractivity contribution in [1.82, 2.24) is 0 Å². The van der Waals surface area contributed by atoms with E-state index in [0.29, 0.717) is 18.1 Å². The third kappa shape index (κ3) is 7.05. The SMILES string of the molecule is C=C1CC[C@H](OCCCN)CC1=CC=C1CCC[C@@]2(C)C1CCC2[C@H](C)CCCC(C)(C)O. The highest BCUT2D eigenvalue weighted by Gasteiger charge is 2.50. The molecule has 0 spiro atoms. The first-order valence-corrected chi connectivity index (χ1v) is 13.8. The summed E-state index contributed by atoms with van der Waals surface area (Å²) < 4.78 is 6.07. The maximum absolute atomic E-state index is 10.1. The molecule has 0 bridgehead atoms. The van der Waals surface area contributed by atoms with E-state index in [0.717, 1.165) is 62.9 Å². The molecule has 3 aliphatic carbocycles. The van der Waals surface area contributed by atoms with Gasteiger partial charge in [0.15, 0.2) is 0 Å². The molecule has 0 aromatic rings. The molecule has 0 heterocycles. The van der Waals surface area contributed by atoms with Crippen molar-refractivity contribution in [3.8, 4) is 0 Å². The lowest BCUT2D eigenvalue weighted by molar-refractivity contribution is 0.0435. The minimum Gasteiger partial charge on any atom is -0.390 e. The Kier molecular flexibility index (Phi) is 9.46. The molecular formula is C30H51NO2. The number of ether oxygens (including phenoxy) is 1. The van der Waals surface area contributed by atoms with Gasteiger partial charge in [-0.15, -0.1) is 0 Å². The predicted octanol–water partition coefficient (Wildman–Crippen LogP) is 7.11. The van der Waals surface area contributed by atoms with Crippen LogP contribution in [0.5, 0.6) is 0 Å². The molecule has 3 fully saturated rings. The van der Waals surface area contributed by atoms with Crippen molar-refractivity contribution in [2.24, 2.45) is 28.9 Å². The molecule has 3 N–H and O–H groups in total. The molecule has 0 aromatic heterocycles. The van der Waals surface area contributed by atoms with Crippen molar-refractivity contribution >= 4 is 0 Å².